The van der Waals surface area contributed by atoms with Gasteiger partial charge >= 0.3 is 0 Å². The molecule has 1 fully saturated rings. The first kappa shape index (κ1) is 15.8. The maximum Gasteiger partial charge on any atom is 0.223 e. The minimum absolute atomic E-state index is 0.141. The third-order valence-electron chi connectivity index (χ3n) is 3.39. The van der Waals surface area contributed by atoms with Gasteiger partial charge in [-0.2, -0.15) is 0 Å². The van der Waals surface area contributed by atoms with Crippen molar-refractivity contribution in [2.75, 3.05) is 13.1 Å². The molecule has 0 atom stereocenters. The van der Waals surface area contributed by atoms with E-state index in [9.17, 15) is 4.79 Å². The quantitative estimate of drug-likeness (QED) is 0.889. The first-order chi connectivity index (χ1) is 9.94. The van der Waals surface area contributed by atoms with Crippen molar-refractivity contribution in [2.24, 2.45) is 5.92 Å². The average Bonchev–Trinajstić information content (AvgIpc) is 2.45. The molecule has 0 unspecified atom stereocenters. The van der Waals surface area contributed by atoms with Crippen molar-refractivity contribution < 1.29 is 9.53 Å². The molecule has 1 aromatic heterocycles. The second-order valence-corrected chi connectivity index (χ2v) is 6.46. The Balaban J connectivity index is 1.81. The smallest absolute Gasteiger partial charge is 0.223 e. The Hall–Kier alpha value is -1.62. The zero-order valence-electron chi connectivity index (χ0n) is 13.1. The van der Waals surface area contributed by atoms with E-state index in [4.69, 9.17) is 4.74 Å². The topological polar surface area (TPSA) is 63.2 Å². The Kier molecular flexibility index (Phi) is 5.17. The standard InChI is InChI=1S/C16H25N3O2/c1-16(2,3)21-14-5-4-12(10-18-14)11-19-15(20)13-6-8-17-9-7-13/h4-5,10,13,17H,6-9,11H2,1-3H3,(H,19,20). The number of rotatable bonds is 4. The fourth-order valence-corrected chi connectivity index (χ4v) is 2.31. The fourth-order valence-electron chi connectivity index (χ4n) is 2.31. The fraction of sp³-hybridized carbons (Fsp3) is 0.625. The van der Waals surface area contributed by atoms with Crippen molar-refractivity contribution in [1.29, 1.82) is 0 Å². The van der Waals surface area contributed by atoms with Gasteiger partial charge in [-0.25, -0.2) is 4.98 Å². The van der Waals surface area contributed by atoms with Crippen molar-refractivity contribution in [3.63, 3.8) is 0 Å². The Labute approximate surface area is 126 Å². The van der Waals surface area contributed by atoms with Gasteiger partial charge in [-0.05, 0) is 52.3 Å². The number of aromatic nitrogens is 1. The Bertz CT molecular complexity index is 459. The summed E-state index contributed by atoms with van der Waals surface area (Å²) in [4.78, 5) is 16.3. The molecular formula is C16H25N3O2. The summed E-state index contributed by atoms with van der Waals surface area (Å²) < 4.78 is 5.67. The third kappa shape index (κ3) is 5.34. The molecule has 5 heteroatoms. The number of nitrogens with zero attached hydrogens (tertiary/aromatic N) is 1. The molecule has 0 radical (unpaired) electrons. The molecule has 2 N–H and O–H groups in total. The first-order valence-electron chi connectivity index (χ1n) is 7.56. The third-order valence-corrected chi connectivity index (χ3v) is 3.39. The van der Waals surface area contributed by atoms with Crippen LogP contribution in [-0.4, -0.2) is 29.6 Å². The monoisotopic (exact) mass is 291 g/mol. The van der Waals surface area contributed by atoms with Gasteiger partial charge in [-0.3, -0.25) is 4.79 Å². The first-order valence-corrected chi connectivity index (χ1v) is 7.56. The molecule has 21 heavy (non-hydrogen) atoms. The highest BCUT2D eigenvalue weighted by atomic mass is 16.5. The number of nitrogens with one attached hydrogen (secondary N) is 2. The van der Waals surface area contributed by atoms with Crippen LogP contribution in [0.1, 0.15) is 39.2 Å². The summed E-state index contributed by atoms with van der Waals surface area (Å²) in [6.45, 7) is 8.34. The highest BCUT2D eigenvalue weighted by molar-refractivity contribution is 5.78. The lowest BCUT2D eigenvalue weighted by Crippen LogP contribution is -2.37. The van der Waals surface area contributed by atoms with E-state index >= 15 is 0 Å². The zero-order chi connectivity index (χ0) is 15.3. The van der Waals surface area contributed by atoms with Crippen LogP contribution in [0.15, 0.2) is 18.3 Å². The van der Waals surface area contributed by atoms with E-state index in [1.165, 1.54) is 0 Å². The molecule has 1 saturated heterocycles. The summed E-state index contributed by atoms with van der Waals surface area (Å²) >= 11 is 0. The number of pyridine rings is 1. The molecule has 1 amide bonds. The zero-order valence-corrected chi connectivity index (χ0v) is 13.1. The molecule has 2 rings (SSSR count). The SMILES string of the molecule is CC(C)(C)Oc1ccc(CNC(=O)C2CCNCC2)cn1. The Morgan fingerprint density at radius 2 is 2.10 bits per heavy atom. The minimum atomic E-state index is -0.252. The maximum atomic E-state index is 12.0. The second-order valence-electron chi connectivity index (χ2n) is 6.46. The minimum Gasteiger partial charge on any atom is -0.472 e. The predicted molar refractivity (Wildman–Crippen MR) is 82.1 cm³/mol. The molecule has 0 aliphatic carbocycles. The molecule has 0 saturated carbocycles. The van der Waals surface area contributed by atoms with E-state index in [1.54, 1.807) is 6.20 Å². The lowest BCUT2D eigenvalue weighted by atomic mass is 9.97. The number of ether oxygens (including phenoxy) is 1. The van der Waals surface area contributed by atoms with E-state index in [-0.39, 0.29) is 17.4 Å². The summed E-state index contributed by atoms with van der Waals surface area (Å²) in [7, 11) is 0. The van der Waals surface area contributed by atoms with E-state index in [0.29, 0.717) is 12.4 Å². The Morgan fingerprint density at radius 1 is 1.38 bits per heavy atom. The van der Waals surface area contributed by atoms with Crippen LogP contribution in [0.3, 0.4) is 0 Å². The van der Waals surface area contributed by atoms with E-state index < -0.39 is 0 Å². The van der Waals surface area contributed by atoms with Gasteiger partial charge in [0.2, 0.25) is 11.8 Å². The normalized spacial score (nSPS) is 16.5. The van der Waals surface area contributed by atoms with Crippen LogP contribution in [0.2, 0.25) is 0 Å². The van der Waals surface area contributed by atoms with Crippen LogP contribution < -0.4 is 15.4 Å². The molecule has 0 aromatic carbocycles. The van der Waals surface area contributed by atoms with Crippen molar-refractivity contribution >= 4 is 5.91 Å². The maximum absolute atomic E-state index is 12.0. The van der Waals surface area contributed by atoms with Crippen LogP contribution in [0.4, 0.5) is 0 Å². The van der Waals surface area contributed by atoms with Crippen LogP contribution in [0.25, 0.3) is 0 Å². The van der Waals surface area contributed by atoms with Gasteiger partial charge in [0.05, 0.1) is 0 Å². The summed E-state index contributed by atoms with van der Waals surface area (Å²) in [6.07, 6.45) is 3.59. The number of hydrogen-bond acceptors (Lipinski definition) is 4. The number of carbonyl (C=O) groups excluding carboxylic acids is 1. The second kappa shape index (κ2) is 6.89. The molecule has 1 aromatic rings. The van der Waals surface area contributed by atoms with Crippen molar-refractivity contribution in [3.8, 4) is 5.88 Å². The largest absolute Gasteiger partial charge is 0.472 e. The highest BCUT2D eigenvalue weighted by Crippen LogP contribution is 2.15. The molecule has 0 spiro atoms. The van der Waals surface area contributed by atoms with Crippen LogP contribution in [-0.2, 0) is 11.3 Å². The molecular weight excluding hydrogens is 266 g/mol. The van der Waals surface area contributed by atoms with Gasteiger partial charge in [0.25, 0.3) is 0 Å². The number of hydrogen-bond donors (Lipinski definition) is 2. The van der Waals surface area contributed by atoms with Gasteiger partial charge in [0.1, 0.15) is 5.60 Å². The Morgan fingerprint density at radius 3 is 2.67 bits per heavy atom. The molecule has 5 nitrogen and oxygen atoms in total. The summed E-state index contributed by atoms with van der Waals surface area (Å²) in [5, 5.41) is 6.25. The number of piperidine rings is 1. The predicted octanol–water partition coefficient (Wildman–Crippen LogP) is 1.87. The van der Waals surface area contributed by atoms with Gasteiger partial charge < -0.3 is 15.4 Å². The van der Waals surface area contributed by atoms with Crippen molar-refractivity contribution in [3.05, 3.63) is 23.9 Å². The van der Waals surface area contributed by atoms with E-state index in [0.717, 1.165) is 31.5 Å². The number of carbonyl (C=O) groups is 1. The van der Waals surface area contributed by atoms with E-state index in [2.05, 4.69) is 15.6 Å². The average molecular weight is 291 g/mol. The lowest BCUT2D eigenvalue weighted by molar-refractivity contribution is -0.125. The van der Waals surface area contributed by atoms with Crippen molar-refractivity contribution in [2.45, 2.75) is 45.8 Å². The lowest BCUT2D eigenvalue weighted by Gasteiger charge is -2.22. The number of amides is 1. The molecule has 1 aliphatic heterocycles. The van der Waals surface area contributed by atoms with Crippen LogP contribution in [0.5, 0.6) is 5.88 Å². The molecule has 1 aliphatic rings. The van der Waals surface area contributed by atoms with Gasteiger partial charge in [-0.1, -0.05) is 6.07 Å². The summed E-state index contributed by atoms with van der Waals surface area (Å²) in [5.74, 6) is 0.894. The summed E-state index contributed by atoms with van der Waals surface area (Å²) in [6, 6.07) is 3.79. The van der Waals surface area contributed by atoms with Crippen molar-refractivity contribution in [1.82, 2.24) is 15.6 Å². The van der Waals surface area contributed by atoms with Crippen LogP contribution >= 0.6 is 0 Å². The molecule has 0 bridgehead atoms. The van der Waals surface area contributed by atoms with Crippen LogP contribution in [0, 0.1) is 5.92 Å². The molecule has 2 heterocycles. The van der Waals surface area contributed by atoms with Gasteiger partial charge in [0, 0.05) is 24.7 Å². The summed E-state index contributed by atoms with van der Waals surface area (Å²) in [5.41, 5.74) is 0.733. The van der Waals surface area contributed by atoms with E-state index in [1.807, 2.05) is 32.9 Å². The molecule has 116 valence electrons. The van der Waals surface area contributed by atoms with Gasteiger partial charge in [-0.15, -0.1) is 0 Å². The highest BCUT2D eigenvalue weighted by Gasteiger charge is 2.20. The van der Waals surface area contributed by atoms with Gasteiger partial charge in [0.15, 0.2) is 0 Å².